The van der Waals surface area contributed by atoms with Crippen molar-refractivity contribution in [1.29, 1.82) is 0 Å². The Bertz CT molecular complexity index is 3520. The molecule has 0 atom stereocenters. The van der Waals surface area contributed by atoms with Crippen LogP contribution in [-0.4, -0.2) is 0 Å². The van der Waals surface area contributed by atoms with E-state index in [1.165, 1.54) is 0 Å². The highest BCUT2D eigenvalue weighted by molar-refractivity contribution is 6.17. The fraction of sp³-hybridized carbons (Fsp3) is 0.0204. The molecule has 0 fully saturated rings. The van der Waals surface area contributed by atoms with Crippen molar-refractivity contribution in [2.75, 3.05) is 0 Å². The molecule has 0 aliphatic rings. The average Bonchev–Trinajstić information content (AvgIpc) is 3.69. The Morgan fingerprint density at radius 2 is 1.06 bits per heavy atom. The predicted molar refractivity (Wildman–Crippen MR) is 212 cm³/mol. The molecule has 1 heterocycles. The first-order valence-electron chi connectivity index (χ1n) is 22.7. The summed E-state index contributed by atoms with van der Waals surface area (Å²) in [6.07, 6.45) is -0.486. The van der Waals surface area contributed by atoms with E-state index in [0.29, 0.717) is 11.1 Å². The van der Waals surface area contributed by atoms with Gasteiger partial charge in [-0.2, -0.15) is 0 Å². The zero-order valence-electron chi connectivity index (χ0n) is 39.4. The van der Waals surface area contributed by atoms with Crippen molar-refractivity contribution in [3.05, 3.63) is 193 Å². The summed E-state index contributed by atoms with van der Waals surface area (Å²) in [6.45, 7) is 0. The van der Waals surface area contributed by atoms with E-state index in [2.05, 4.69) is 36.4 Å². The molecule has 10 rings (SSSR count). The van der Waals surface area contributed by atoms with Gasteiger partial charge in [0.05, 0.1) is 17.8 Å². The first-order valence-corrected chi connectivity index (χ1v) is 16.2. The van der Waals surface area contributed by atoms with Crippen LogP contribution in [0.4, 0.5) is 0 Å². The van der Waals surface area contributed by atoms with Crippen LogP contribution >= 0.6 is 0 Å². The Kier molecular flexibility index (Phi) is 4.26. The van der Waals surface area contributed by atoms with Crippen molar-refractivity contribution in [3.63, 3.8) is 0 Å². The SMILES string of the molecule is [2H]c1c([2H])c([2H])c(Cc2c3c([2H])c([2H])c([2H])c([2H])c3c(-c3ccc(-c4ccc5c(c4)oc4cccc(-c6cccc7ccccc67)c45)cc3)c3c([2H])c([2H])c([2H])c([2H])c23)c([2H])c1[2H]. The summed E-state index contributed by atoms with van der Waals surface area (Å²) in [4.78, 5) is 0. The maximum atomic E-state index is 9.23. The minimum Gasteiger partial charge on any atom is -0.456 e. The van der Waals surface area contributed by atoms with Gasteiger partial charge in [-0.3, -0.25) is 0 Å². The highest BCUT2D eigenvalue weighted by Crippen LogP contribution is 2.42. The van der Waals surface area contributed by atoms with E-state index in [9.17, 15) is 5.48 Å². The summed E-state index contributed by atoms with van der Waals surface area (Å²) in [7, 11) is 0. The van der Waals surface area contributed by atoms with Gasteiger partial charge >= 0.3 is 0 Å². The highest BCUT2D eigenvalue weighted by atomic mass is 16.3. The lowest BCUT2D eigenvalue weighted by Gasteiger charge is -2.18. The molecule has 0 amide bonds. The number of hydrogen-bond acceptors (Lipinski definition) is 1. The van der Waals surface area contributed by atoms with E-state index in [0.717, 1.165) is 49.4 Å². The molecular weight excluding hydrogens is 605 g/mol. The van der Waals surface area contributed by atoms with E-state index in [4.69, 9.17) is 16.8 Å². The van der Waals surface area contributed by atoms with E-state index in [1.54, 1.807) is 12.1 Å². The maximum Gasteiger partial charge on any atom is 0.136 e. The van der Waals surface area contributed by atoms with Crippen molar-refractivity contribution in [2.24, 2.45) is 0 Å². The lowest BCUT2D eigenvalue weighted by atomic mass is 9.86. The van der Waals surface area contributed by atoms with E-state index < -0.39 is 85.0 Å². The van der Waals surface area contributed by atoms with Crippen molar-refractivity contribution in [3.8, 4) is 33.4 Å². The third-order valence-electron chi connectivity index (χ3n) is 9.47. The Hall–Kier alpha value is -6.44. The lowest BCUT2D eigenvalue weighted by Crippen LogP contribution is -1.95. The Morgan fingerprint density at radius 1 is 0.440 bits per heavy atom. The molecule has 9 aromatic carbocycles. The van der Waals surface area contributed by atoms with Gasteiger partial charge in [-0.15, -0.1) is 0 Å². The zero-order chi connectivity index (χ0) is 44.3. The third kappa shape index (κ3) is 4.63. The van der Waals surface area contributed by atoms with Gasteiger partial charge in [0.25, 0.3) is 0 Å². The standard InChI is InChI=1S/C49H32O/c1-2-12-32(13-3-1)30-45-39-17-6-8-19-41(39)48(42-20-9-7-18-40(42)45)35-26-24-33(25-27-35)36-28-29-44-47(31-36)50-46-23-11-22-43(49(44)46)38-21-10-15-34-14-4-5-16-37(34)38/h1-29,31H,30H2/i1D,2D,3D,6D,7D,8D,9D,12D,13D,17D,18D,19D,20D. The Morgan fingerprint density at radius 3 is 1.84 bits per heavy atom. The van der Waals surface area contributed by atoms with Crippen LogP contribution in [0.3, 0.4) is 0 Å². The van der Waals surface area contributed by atoms with Crippen LogP contribution in [-0.2, 0) is 6.42 Å². The third-order valence-corrected chi connectivity index (χ3v) is 9.47. The number of rotatable bonds is 5. The fourth-order valence-electron chi connectivity index (χ4n) is 7.23. The number of fused-ring (bicyclic) bond motifs is 6. The van der Waals surface area contributed by atoms with Crippen molar-refractivity contribution in [1.82, 2.24) is 0 Å². The van der Waals surface area contributed by atoms with Gasteiger partial charge in [-0.25, -0.2) is 0 Å². The molecule has 1 heteroatoms. The van der Waals surface area contributed by atoms with Crippen molar-refractivity contribution in [2.45, 2.75) is 6.42 Å². The Balaban J connectivity index is 1.18. The summed E-state index contributed by atoms with van der Waals surface area (Å²) < 4.78 is 120. The van der Waals surface area contributed by atoms with E-state index in [1.807, 2.05) is 54.6 Å². The molecule has 0 aliphatic heterocycles. The number of hydrogen-bond donors (Lipinski definition) is 0. The molecular formula is C49H32O. The first kappa shape index (κ1) is 18.4. The van der Waals surface area contributed by atoms with Crippen LogP contribution < -0.4 is 0 Å². The maximum absolute atomic E-state index is 9.23. The van der Waals surface area contributed by atoms with Gasteiger partial charge in [0.1, 0.15) is 11.2 Å². The normalized spacial score (nSPS) is 15.3. The van der Waals surface area contributed by atoms with Crippen LogP contribution in [0.5, 0.6) is 0 Å². The van der Waals surface area contributed by atoms with Gasteiger partial charge in [0.2, 0.25) is 0 Å². The highest BCUT2D eigenvalue weighted by Gasteiger charge is 2.17. The Labute approximate surface area is 308 Å². The minimum atomic E-state index is -0.616. The van der Waals surface area contributed by atoms with Crippen LogP contribution in [0.15, 0.2) is 186 Å². The molecule has 0 unspecified atom stereocenters. The molecule has 10 aromatic rings. The second-order valence-electron chi connectivity index (χ2n) is 12.2. The summed E-state index contributed by atoms with van der Waals surface area (Å²) in [6, 6.07) is 26.5. The van der Waals surface area contributed by atoms with Crippen molar-refractivity contribution < 1.29 is 22.2 Å². The number of furan rings is 1. The molecule has 0 saturated carbocycles. The number of benzene rings is 9. The minimum absolute atomic E-state index is 0.0133. The lowest BCUT2D eigenvalue weighted by molar-refractivity contribution is 0.669. The molecule has 0 radical (unpaired) electrons. The second-order valence-corrected chi connectivity index (χ2v) is 12.2. The topological polar surface area (TPSA) is 13.1 Å². The molecule has 50 heavy (non-hydrogen) atoms. The van der Waals surface area contributed by atoms with Crippen LogP contribution in [0.1, 0.15) is 28.9 Å². The zero-order valence-corrected chi connectivity index (χ0v) is 26.4. The quantitative estimate of drug-likeness (QED) is 0.169. The van der Waals surface area contributed by atoms with Gasteiger partial charge in [0.15, 0.2) is 0 Å². The van der Waals surface area contributed by atoms with Gasteiger partial charge < -0.3 is 4.42 Å². The van der Waals surface area contributed by atoms with E-state index in [-0.39, 0.29) is 38.2 Å². The van der Waals surface area contributed by atoms with Crippen LogP contribution in [0.2, 0.25) is 0 Å². The molecule has 1 aromatic heterocycles. The smallest absolute Gasteiger partial charge is 0.136 e. The largest absolute Gasteiger partial charge is 0.456 e. The molecule has 0 bridgehead atoms. The first-order chi connectivity index (χ1) is 30.2. The molecule has 234 valence electrons. The van der Waals surface area contributed by atoms with Gasteiger partial charge in [0, 0.05) is 10.8 Å². The van der Waals surface area contributed by atoms with Gasteiger partial charge in [-0.05, 0) is 101 Å². The average molecular weight is 650 g/mol. The second kappa shape index (κ2) is 11.6. The van der Waals surface area contributed by atoms with Gasteiger partial charge in [-0.1, -0.05) is 163 Å². The summed E-state index contributed by atoms with van der Waals surface area (Å²) in [5.74, 6) is 0. The van der Waals surface area contributed by atoms with Crippen molar-refractivity contribution >= 4 is 54.3 Å². The summed E-state index contributed by atoms with van der Waals surface area (Å²) >= 11 is 0. The molecule has 0 saturated heterocycles. The molecule has 1 nitrogen and oxygen atoms in total. The summed E-state index contributed by atoms with van der Waals surface area (Å²) in [5.41, 5.74) is 5.52. The molecule has 0 aliphatic carbocycles. The monoisotopic (exact) mass is 649 g/mol. The predicted octanol–water partition coefficient (Wildman–Crippen LogP) is 13.6. The molecule has 0 N–H and O–H groups in total. The molecule has 0 spiro atoms. The summed E-state index contributed by atoms with van der Waals surface area (Å²) in [5, 5.41) is 3.99. The van der Waals surface area contributed by atoms with Crippen LogP contribution in [0.25, 0.3) is 87.6 Å². The van der Waals surface area contributed by atoms with Crippen LogP contribution in [0, 0.1) is 0 Å². The van der Waals surface area contributed by atoms with E-state index >= 15 is 0 Å². The fourth-order valence-corrected chi connectivity index (χ4v) is 7.23.